The predicted octanol–water partition coefficient (Wildman–Crippen LogP) is 3.12. The molecule has 0 aliphatic carbocycles. The molecule has 0 bridgehead atoms. The molecule has 0 rings (SSSR count). The van der Waals surface area contributed by atoms with Crippen LogP contribution in [0.15, 0.2) is 0 Å². The van der Waals surface area contributed by atoms with Crippen molar-refractivity contribution in [3.63, 3.8) is 0 Å². The maximum absolute atomic E-state index is 12.4. The molecular formula is C19H32F6N2O7P+. The van der Waals surface area contributed by atoms with Crippen LogP contribution >= 0.6 is 8.25 Å². The van der Waals surface area contributed by atoms with E-state index < -0.39 is 50.5 Å². The molecule has 0 heterocycles. The molecule has 0 saturated carbocycles. The summed E-state index contributed by atoms with van der Waals surface area (Å²) in [6.45, 7) is 0.314. The van der Waals surface area contributed by atoms with Gasteiger partial charge in [0.25, 0.3) is 0 Å². The third kappa shape index (κ3) is 15.2. The number of carbonyl (C=O) groups excluding carboxylic acids is 2. The lowest BCUT2D eigenvalue weighted by atomic mass is 9.75. The van der Waals surface area contributed by atoms with Crippen LogP contribution in [-0.4, -0.2) is 73.2 Å². The van der Waals surface area contributed by atoms with Gasteiger partial charge < -0.3 is 20.5 Å². The van der Waals surface area contributed by atoms with Gasteiger partial charge in [-0.05, 0) is 37.5 Å². The van der Waals surface area contributed by atoms with Gasteiger partial charge in [0.1, 0.15) is 0 Å². The summed E-state index contributed by atoms with van der Waals surface area (Å²) in [5.41, 5.74) is -0.747. The Hall–Kier alpha value is -1.54. The predicted molar refractivity (Wildman–Crippen MR) is 111 cm³/mol. The molecule has 2 atom stereocenters. The first-order valence-corrected chi connectivity index (χ1v) is 12.0. The molecule has 0 aliphatic rings. The molecule has 2 unspecified atom stereocenters. The van der Waals surface area contributed by atoms with Crippen molar-refractivity contribution in [3.05, 3.63) is 0 Å². The van der Waals surface area contributed by atoms with Crippen molar-refractivity contribution in [2.24, 2.45) is 5.41 Å². The summed E-state index contributed by atoms with van der Waals surface area (Å²) in [5, 5.41) is 12.7. The zero-order valence-electron chi connectivity index (χ0n) is 19.2. The van der Waals surface area contributed by atoms with Crippen LogP contribution in [0.5, 0.6) is 0 Å². The van der Waals surface area contributed by atoms with Crippen LogP contribution in [-0.2, 0) is 23.4 Å². The van der Waals surface area contributed by atoms with Gasteiger partial charge in [-0.25, -0.2) is 0 Å². The number of ether oxygens (including phenoxy) is 1. The van der Waals surface area contributed by atoms with Crippen LogP contribution in [0.4, 0.5) is 26.3 Å². The highest BCUT2D eigenvalue weighted by molar-refractivity contribution is 7.32. The summed E-state index contributed by atoms with van der Waals surface area (Å²) < 4.78 is 95.2. The topological polar surface area (TPSA) is 134 Å². The van der Waals surface area contributed by atoms with E-state index in [1.54, 1.807) is 10.6 Å². The highest BCUT2D eigenvalue weighted by Gasteiger charge is 2.39. The standard InChI is InChI=1S/C19H31F6N2O7P/c1-2-3-6-17(7-4-9-26-15(29)18(20,21)22,8-5-10-27-16(30)19(23,24)25)13-33-12-14(11-28)34-35(31)32/h14,28H,2-13H2,1H3,(H2-,26,27,29,30,31,32)/p+1. The Morgan fingerprint density at radius 1 is 0.914 bits per heavy atom. The molecule has 0 fully saturated rings. The van der Waals surface area contributed by atoms with E-state index in [-0.39, 0.29) is 52.0 Å². The van der Waals surface area contributed by atoms with Crippen molar-refractivity contribution in [3.8, 4) is 0 Å². The number of alkyl halides is 6. The van der Waals surface area contributed by atoms with Crippen LogP contribution in [0.2, 0.25) is 0 Å². The van der Waals surface area contributed by atoms with Crippen molar-refractivity contribution in [2.45, 2.75) is 70.3 Å². The molecule has 2 amide bonds. The summed E-state index contributed by atoms with van der Waals surface area (Å²) in [4.78, 5) is 30.8. The molecule has 206 valence electrons. The Labute approximate surface area is 199 Å². The first kappa shape index (κ1) is 33.5. The number of carbonyl (C=O) groups is 2. The van der Waals surface area contributed by atoms with E-state index in [0.717, 1.165) is 6.42 Å². The van der Waals surface area contributed by atoms with Gasteiger partial charge in [-0.3, -0.25) is 9.59 Å². The fourth-order valence-electron chi connectivity index (χ4n) is 3.33. The van der Waals surface area contributed by atoms with E-state index in [2.05, 4.69) is 4.52 Å². The molecule has 0 aromatic carbocycles. The normalized spacial score (nSPS) is 13.9. The van der Waals surface area contributed by atoms with Gasteiger partial charge in [-0.1, -0.05) is 19.8 Å². The van der Waals surface area contributed by atoms with Crippen LogP contribution in [0.25, 0.3) is 0 Å². The number of rotatable bonds is 18. The number of hydrogen-bond donors (Lipinski definition) is 4. The van der Waals surface area contributed by atoms with Crippen molar-refractivity contribution in [1.29, 1.82) is 0 Å². The van der Waals surface area contributed by atoms with Gasteiger partial charge in [0.2, 0.25) is 0 Å². The average Bonchev–Trinajstić information content (AvgIpc) is 2.75. The van der Waals surface area contributed by atoms with Crippen molar-refractivity contribution in [1.82, 2.24) is 10.6 Å². The second-order valence-corrected chi connectivity index (χ2v) is 8.67. The molecular weight excluding hydrogens is 513 g/mol. The summed E-state index contributed by atoms with van der Waals surface area (Å²) in [5.74, 6) is -4.19. The largest absolute Gasteiger partial charge is 0.695 e. The number of hydrogen-bond acceptors (Lipinski definition) is 6. The maximum atomic E-state index is 12.4. The molecule has 4 N–H and O–H groups in total. The van der Waals surface area contributed by atoms with E-state index in [4.69, 9.17) is 9.63 Å². The number of aliphatic hydroxyl groups excluding tert-OH is 1. The van der Waals surface area contributed by atoms with Crippen LogP contribution in [0, 0.1) is 5.41 Å². The summed E-state index contributed by atoms with van der Waals surface area (Å²) in [6.07, 6.45) is -8.67. The zero-order chi connectivity index (χ0) is 27.1. The zero-order valence-corrected chi connectivity index (χ0v) is 20.1. The quantitative estimate of drug-likeness (QED) is 0.118. The van der Waals surface area contributed by atoms with E-state index in [9.17, 15) is 45.6 Å². The monoisotopic (exact) mass is 545 g/mol. The number of halogens is 6. The fraction of sp³-hybridized carbons (Fsp3) is 0.895. The van der Waals surface area contributed by atoms with Gasteiger partial charge in [-0.2, -0.15) is 26.3 Å². The van der Waals surface area contributed by atoms with Gasteiger partial charge in [0, 0.05) is 17.7 Å². The maximum Gasteiger partial charge on any atom is 0.695 e. The SMILES string of the molecule is CCCCC(CCCNC(=O)C(F)(F)F)(CCCNC(=O)C(F)(F)F)COCC(CO)O[P+](=O)O. The smallest absolute Gasteiger partial charge is 0.393 e. The Bertz CT molecular complexity index is 631. The third-order valence-electron chi connectivity index (χ3n) is 5.07. The van der Waals surface area contributed by atoms with Gasteiger partial charge in [-0.15, -0.1) is 9.42 Å². The summed E-state index contributed by atoms with van der Waals surface area (Å²) in [6, 6.07) is 0. The third-order valence-corrected chi connectivity index (χ3v) is 5.55. The molecule has 0 aromatic rings. The van der Waals surface area contributed by atoms with Crippen molar-refractivity contribution >= 4 is 20.1 Å². The van der Waals surface area contributed by atoms with E-state index in [0.29, 0.717) is 12.8 Å². The highest BCUT2D eigenvalue weighted by Crippen LogP contribution is 2.36. The fourth-order valence-corrected chi connectivity index (χ4v) is 3.71. The first-order chi connectivity index (χ1) is 16.2. The lowest BCUT2D eigenvalue weighted by molar-refractivity contribution is -0.173. The molecule has 9 nitrogen and oxygen atoms in total. The van der Waals surface area contributed by atoms with Gasteiger partial charge in [0.05, 0.1) is 19.8 Å². The Balaban J connectivity index is 5.23. The minimum Gasteiger partial charge on any atom is -0.393 e. The molecule has 16 heteroatoms. The number of unbranched alkanes of at least 4 members (excludes halogenated alkanes) is 1. The Morgan fingerprint density at radius 2 is 1.37 bits per heavy atom. The van der Waals surface area contributed by atoms with Crippen LogP contribution < -0.4 is 10.6 Å². The number of nitrogens with one attached hydrogen (secondary N) is 2. The highest BCUT2D eigenvalue weighted by atomic mass is 31.1. The average molecular weight is 545 g/mol. The molecule has 35 heavy (non-hydrogen) atoms. The Kier molecular flexibility index (Phi) is 15.5. The van der Waals surface area contributed by atoms with Gasteiger partial charge >= 0.3 is 32.4 Å². The van der Waals surface area contributed by atoms with E-state index in [1.807, 2.05) is 6.92 Å². The molecule has 0 saturated heterocycles. The molecule has 0 radical (unpaired) electrons. The number of amides is 2. The number of aliphatic hydroxyl groups is 1. The van der Waals surface area contributed by atoms with Gasteiger partial charge in [0.15, 0.2) is 6.10 Å². The Morgan fingerprint density at radius 3 is 1.74 bits per heavy atom. The molecule has 0 aromatic heterocycles. The van der Waals surface area contributed by atoms with Crippen LogP contribution in [0.1, 0.15) is 51.9 Å². The van der Waals surface area contributed by atoms with Crippen LogP contribution in [0.3, 0.4) is 0 Å². The van der Waals surface area contributed by atoms with Crippen molar-refractivity contribution < 1.29 is 59.8 Å². The minimum absolute atomic E-state index is 0.0461. The minimum atomic E-state index is -5.04. The lowest BCUT2D eigenvalue weighted by Crippen LogP contribution is -2.39. The summed E-state index contributed by atoms with van der Waals surface area (Å²) in [7, 11) is -3.01. The van der Waals surface area contributed by atoms with Crippen molar-refractivity contribution in [2.75, 3.05) is 32.9 Å². The second kappa shape index (κ2) is 16.3. The lowest BCUT2D eigenvalue weighted by Gasteiger charge is -2.34. The molecule has 0 aliphatic heterocycles. The second-order valence-electron chi connectivity index (χ2n) is 7.98. The molecule has 0 spiro atoms. The first-order valence-electron chi connectivity index (χ1n) is 10.9. The van der Waals surface area contributed by atoms with E-state index in [1.165, 1.54) is 0 Å². The van der Waals surface area contributed by atoms with E-state index >= 15 is 0 Å². The summed E-state index contributed by atoms with van der Waals surface area (Å²) >= 11 is 0.